The van der Waals surface area contributed by atoms with E-state index >= 15 is 0 Å². The average molecular weight is 417 g/mol. The molecule has 0 atom stereocenters. The maximum Gasteiger partial charge on any atom is 0.261 e. The Bertz CT molecular complexity index is 1140. The zero-order valence-corrected chi connectivity index (χ0v) is 16.8. The van der Waals surface area contributed by atoms with Crippen LogP contribution >= 0.6 is 0 Å². The third-order valence-corrected chi connectivity index (χ3v) is 6.60. The molecule has 3 rings (SSSR count). The monoisotopic (exact) mass is 416 g/mol. The van der Waals surface area contributed by atoms with E-state index in [1.165, 1.54) is 24.3 Å². The van der Waals surface area contributed by atoms with Crippen molar-refractivity contribution < 1.29 is 16.8 Å². The molecule has 28 heavy (non-hydrogen) atoms. The molecule has 0 aliphatic rings. The van der Waals surface area contributed by atoms with E-state index in [1.807, 2.05) is 25.1 Å². The van der Waals surface area contributed by atoms with Crippen LogP contribution in [0.4, 0.5) is 11.4 Å². The molecule has 0 saturated heterocycles. The molecular weight excluding hydrogens is 396 g/mol. The van der Waals surface area contributed by atoms with Crippen molar-refractivity contribution in [1.82, 2.24) is 0 Å². The average Bonchev–Trinajstić information content (AvgIpc) is 2.64. The second-order valence-corrected chi connectivity index (χ2v) is 9.75. The molecule has 0 spiro atoms. The molecule has 0 saturated carbocycles. The van der Waals surface area contributed by atoms with Gasteiger partial charge in [0.15, 0.2) is 0 Å². The van der Waals surface area contributed by atoms with E-state index < -0.39 is 20.0 Å². The highest BCUT2D eigenvalue weighted by Gasteiger charge is 2.16. The number of hydrogen-bond donors (Lipinski definition) is 2. The van der Waals surface area contributed by atoms with Gasteiger partial charge in [0.05, 0.1) is 10.6 Å². The summed E-state index contributed by atoms with van der Waals surface area (Å²) in [5.74, 6) is -0.164. The summed E-state index contributed by atoms with van der Waals surface area (Å²) in [6.07, 6.45) is 0. The van der Waals surface area contributed by atoms with Crippen molar-refractivity contribution in [3.63, 3.8) is 0 Å². The fourth-order valence-corrected chi connectivity index (χ4v) is 4.80. The van der Waals surface area contributed by atoms with Crippen LogP contribution in [0.3, 0.4) is 0 Å². The van der Waals surface area contributed by atoms with Gasteiger partial charge < -0.3 is 0 Å². The summed E-state index contributed by atoms with van der Waals surface area (Å²) in [5.41, 5.74) is 2.44. The summed E-state index contributed by atoms with van der Waals surface area (Å²) in [6, 6.07) is 21.3. The van der Waals surface area contributed by atoms with Gasteiger partial charge in [0.2, 0.25) is 10.0 Å². The SMILES string of the molecule is Cc1ccc(NS(=O)(=O)c2ccc(NS(=O)(=O)Cc3ccccc3)cc2)cc1. The van der Waals surface area contributed by atoms with E-state index in [0.717, 1.165) is 5.56 Å². The van der Waals surface area contributed by atoms with Gasteiger partial charge in [-0.2, -0.15) is 0 Å². The molecule has 0 radical (unpaired) electrons. The summed E-state index contributed by atoms with van der Waals surface area (Å²) < 4.78 is 54.5. The number of rotatable bonds is 7. The lowest BCUT2D eigenvalue weighted by Gasteiger charge is -2.11. The summed E-state index contributed by atoms with van der Waals surface area (Å²) >= 11 is 0. The molecule has 3 aromatic rings. The summed E-state index contributed by atoms with van der Waals surface area (Å²) in [6.45, 7) is 1.91. The Labute approximate surface area is 165 Å². The number of aryl methyl sites for hydroxylation is 1. The Morgan fingerprint density at radius 1 is 0.679 bits per heavy atom. The molecule has 0 aliphatic carbocycles. The predicted molar refractivity (Wildman–Crippen MR) is 111 cm³/mol. The third kappa shape index (κ3) is 5.34. The van der Waals surface area contributed by atoms with Crippen LogP contribution in [-0.2, 0) is 25.8 Å². The minimum absolute atomic E-state index is 0.0408. The van der Waals surface area contributed by atoms with Crippen LogP contribution in [-0.4, -0.2) is 16.8 Å². The van der Waals surface area contributed by atoms with Gasteiger partial charge in [-0.15, -0.1) is 0 Å². The highest BCUT2D eigenvalue weighted by atomic mass is 32.2. The Kier molecular flexibility index (Phi) is 5.71. The molecule has 3 aromatic carbocycles. The minimum atomic E-state index is -3.76. The first-order valence-corrected chi connectivity index (χ1v) is 11.6. The molecule has 0 bridgehead atoms. The van der Waals surface area contributed by atoms with Gasteiger partial charge >= 0.3 is 0 Å². The van der Waals surface area contributed by atoms with Crippen LogP contribution in [0.15, 0.2) is 83.8 Å². The fourth-order valence-electron chi connectivity index (χ4n) is 2.55. The van der Waals surface area contributed by atoms with Crippen LogP contribution in [0, 0.1) is 6.92 Å². The largest absolute Gasteiger partial charge is 0.283 e. The lowest BCUT2D eigenvalue weighted by Crippen LogP contribution is -2.16. The number of benzene rings is 3. The van der Waals surface area contributed by atoms with Gasteiger partial charge in [-0.05, 0) is 48.9 Å². The summed E-state index contributed by atoms with van der Waals surface area (Å²) in [5, 5.41) is 0. The Morgan fingerprint density at radius 3 is 1.82 bits per heavy atom. The van der Waals surface area contributed by atoms with Crippen LogP contribution in [0.25, 0.3) is 0 Å². The smallest absolute Gasteiger partial charge is 0.261 e. The minimum Gasteiger partial charge on any atom is -0.283 e. The van der Waals surface area contributed by atoms with Gasteiger partial charge in [0.25, 0.3) is 10.0 Å². The van der Waals surface area contributed by atoms with Crippen LogP contribution in [0.1, 0.15) is 11.1 Å². The van der Waals surface area contributed by atoms with E-state index in [9.17, 15) is 16.8 Å². The first-order valence-electron chi connectivity index (χ1n) is 8.47. The number of anilines is 2. The molecule has 0 aliphatic heterocycles. The van der Waals surface area contributed by atoms with Crippen molar-refractivity contribution in [3.05, 3.63) is 90.0 Å². The third-order valence-electron chi connectivity index (χ3n) is 3.94. The van der Waals surface area contributed by atoms with Crippen molar-refractivity contribution >= 4 is 31.4 Å². The Balaban J connectivity index is 1.71. The van der Waals surface area contributed by atoms with E-state index in [1.54, 1.807) is 36.4 Å². The number of sulfonamides is 2. The molecule has 2 N–H and O–H groups in total. The van der Waals surface area contributed by atoms with Crippen LogP contribution in [0.5, 0.6) is 0 Å². The normalized spacial score (nSPS) is 11.8. The van der Waals surface area contributed by atoms with Crippen molar-refractivity contribution in [1.29, 1.82) is 0 Å². The lowest BCUT2D eigenvalue weighted by atomic mass is 10.2. The first kappa shape index (κ1) is 19.9. The lowest BCUT2D eigenvalue weighted by molar-refractivity contribution is 0.599. The molecular formula is C20H20N2O4S2. The second kappa shape index (κ2) is 8.04. The highest BCUT2D eigenvalue weighted by Crippen LogP contribution is 2.20. The second-order valence-electron chi connectivity index (χ2n) is 6.34. The standard InChI is InChI=1S/C20H20N2O4S2/c1-16-7-9-19(10-8-16)22-28(25,26)20-13-11-18(12-14-20)21-27(23,24)15-17-5-3-2-4-6-17/h2-14,21-22H,15H2,1H3. The van der Waals surface area contributed by atoms with Crippen molar-refractivity contribution in [2.45, 2.75) is 17.6 Å². The Hall–Kier alpha value is -2.84. The fraction of sp³-hybridized carbons (Fsp3) is 0.100. The summed E-state index contributed by atoms with van der Waals surface area (Å²) in [4.78, 5) is 0.0408. The van der Waals surface area contributed by atoms with E-state index in [2.05, 4.69) is 9.44 Å². The summed E-state index contributed by atoms with van der Waals surface area (Å²) in [7, 11) is -7.37. The molecule has 0 unspecified atom stereocenters. The maximum absolute atomic E-state index is 12.5. The molecule has 146 valence electrons. The quantitative estimate of drug-likeness (QED) is 0.614. The van der Waals surface area contributed by atoms with Gasteiger partial charge in [-0.25, -0.2) is 16.8 Å². The van der Waals surface area contributed by atoms with E-state index in [-0.39, 0.29) is 10.6 Å². The topological polar surface area (TPSA) is 92.3 Å². The van der Waals surface area contributed by atoms with Crippen molar-refractivity contribution in [3.8, 4) is 0 Å². The molecule has 8 heteroatoms. The zero-order valence-electron chi connectivity index (χ0n) is 15.2. The number of hydrogen-bond acceptors (Lipinski definition) is 4. The van der Waals surface area contributed by atoms with E-state index in [4.69, 9.17) is 0 Å². The zero-order chi connectivity index (χ0) is 20.2. The predicted octanol–water partition coefficient (Wildman–Crippen LogP) is 3.74. The van der Waals surface area contributed by atoms with Crippen molar-refractivity contribution in [2.24, 2.45) is 0 Å². The Morgan fingerprint density at radius 2 is 1.21 bits per heavy atom. The molecule has 0 fully saturated rings. The number of nitrogens with one attached hydrogen (secondary N) is 2. The van der Waals surface area contributed by atoms with Crippen LogP contribution < -0.4 is 9.44 Å². The maximum atomic E-state index is 12.5. The highest BCUT2D eigenvalue weighted by molar-refractivity contribution is 7.92. The molecule has 6 nitrogen and oxygen atoms in total. The molecule has 0 amide bonds. The molecule has 0 heterocycles. The van der Waals surface area contributed by atoms with Gasteiger partial charge in [-0.3, -0.25) is 9.44 Å². The van der Waals surface area contributed by atoms with Crippen molar-refractivity contribution in [2.75, 3.05) is 9.44 Å². The first-order chi connectivity index (χ1) is 13.2. The van der Waals surface area contributed by atoms with Gasteiger partial charge in [0, 0.05) is 11.4 Å². The van der Waals surface area contributed by atoms with E-state index in [0.29, 0.717) is 16.9 Å². The van der Waals surface area contributed by atoms with Gasteiger partial charge in [0.1, 0.15) is 0 Å². The van der Waals surface area contributed by atoms with Crippen LogP contribution in [0.2, 0.25) is 0 Å². The van der Waals surface area contributed by atoms with Gasteiger partial charge in [-0.1, -0.05) is 48.0 Å². The molecule has 0 aromatic heterocycles.